The molecule has 0 aliphatic carbocycles. The molecule has 2 N–H and O–H groups in total. The first-order valence-electron chi connectivity index (χ1n) is 6.59. The van der Waals surface area contributed by atoms with Gasteiger partial charge in [-0.2, -0.15) is 0 Å². The molecule has 2 unspecified atom stereocenters. The number of likely N-dealkylation sites (N-methyl/N-ethyl adjacent to an activating group) is 1. The summed E-state index contributed by atoms with van der Waals surface area (Å²) in [5, 5.41) is 12.5. The highest BCUT2D eigenvalue weighted by atomic mass is 16.3. The van der Waals surface area contributed by atoms with Crippen molar-refractivity contribution in [2.75, 3.05) is 32.7 Å². The van der Waals surface area contributed by atoms with Crippen LogP contribution in [-0.4, -0.2) is 71.6 Å². The quantitative estimate of drug-likeness (QED) is 0.664. The number of likely N-dealkylation sites (tertiary alicyclic amines) is 1. The number of nitrogens with one attached hydrogen (secondary N) is 1. The van der Waals surface area contributed by atoms with Gasteiger partial charge in [0.25, 0.3) is 0 Å². The lowest BCUT2D eigenvalue weighted by Crippen LogP contribution is -2.56. The van der Waals surface area contributed by atoms with Crippen molar-refractivity contribution < 1.29 is 14.7 Å². The molecular formula is C12H21N3O3. The number of hydrogen-bond donors (Lipinski definition) is 2. The Labute approximate surface area is 107 Å². The van der Waals surface area contributed by atoms with E-state index in [1.165, 1.54) is 0 Å². The molecule has 2 aliphatic heterocycles. The lowest BCUT2D eigenvalue weighted by Gasteiger charge is -2.32. The van der Waals surface area contributed by atoms with Gasteiger partial charge < -0.3 is 20.2 Å². The van der Waals surface area contributed by atoms with Crippen LogP contribution in [-0.2, 0) is 9.59 Å². The molecule has 0 radical (unpaired) electrons. The van der Waals surface area contributed by atoms with E-state index in [0.29, 0.717) is 32.6 Å². The number of piperazine rings is 1. The Kier molecular flexibility index (Phi) is 4.19. The number of β-amino-alcohol motifs (C(OH)–C–C–N with tert-alkyl or cyclic N) is 1. The fourth-order valence-corrected chi connectivity index (χ4v) is 2.54. The van der Waals surface area contributed by atoms with Crippen molar-refractivity contribution in [3.8, 4) is 0 Å². The third-order valence-corrected chi connectivity index (χ3v) is 3.66. The van der Waals surface area contributed by atoms with Gasteiger partial charge in [0.2, 0.25) is 11.8 Å². The van der Waals surface area contributed by atoms with E-state index in [4.69, 9.17) is 0 Å². The van der Waals surface area contributed by atoms with E-state index in [1.54, 1.807) is 9.80 Å². The van der Waals surface area contributed by atoms with Gasteiger partial charge in [-0.05, 0) is 13.3 Å². The summed E-state index contributed by atoms with van der Waals surface area (Å²) < 4.78 is 0. The Morgan fingerprint density at radius 3 is 2.89 bits per heavy atom. The van der Waals surface area contributed by atoms with Gasteiger partial charge in [0.05, 0.1) is 18.6 Å². The monoisotopic (exact) mass is 255 g/mol. The molecule has 0 saturated carbocycles. The Morgan fingerprint density at radius 1 is 1.50 bits per heavy atom. The number of rotatable bonds is 3. The van der Waals surface area contributed by atoms with Crippen molar-refractivity contribution >= 4 is 11.8 Å². The van der Waals surface area contributed by atoms with E-state index >= 15 is 0 Å². The summed E-state index contributed by atoms with van der Waals surface area (Å²) in [6.45, 7) is 5.07. The summed E-state index contributed by atoms with van der Waals surface area (Å²) in [7, 11) is 0. The van der Waals surface area contributed by atoms with Gasteiger partial charge in [0, 0.05) is 32.7 Å². The molecule has 0 bridgehead atoms. The number of hydrogen-bond acceptors (Lipinski definition) is 4. The molecule has 18 heavy (non-hydrogen) atoms. The Bertz CT molecular complexity index is 335. The van der Waals surface area contributed by atoms with E-state index in [2.05, 4.69) is 5.32 Å². The Morgan fingerprint density at radius 2 is 2.28 bits per heavy atom. The number of aliphatic hydroxyl groups is 1. The molecule has 102 valence electrons. The standard InChI is InChI=1S/C12H21N3O3/c1-2-14-6-4-13-10(12(14)18)7-11(17)15-5-3-9(16)8-15/h9-10,13,16H,2-8H2,1H3. The molecule has 2 rings (SSSR count). The second-order valence-electron chi connectivity index (χ2n) is 4.91. The van der Waals surface area contributed by atoms with Gasteiger partial charge in [-0.25, -0.2) is 0 Å². The first-order valence-corrected chi connectivity index (χ1v) is 6.59. The smallest absolute Gasteiger partial charge is 0.240 e. The highest BCUT2D eigenvalue weighted by Gasteiger charge is 2.32. The second-order valence-corrected chi connectivity index (χ2v) is 4.91. The van der Waals surface area contributed by atoms with Crippen LogP contribution in [0.15, 0.2) is 0 Å². The molecule has 0 aromatic carbocycles. The van der Waals surface area contributed by atoms with Crippen molar-refractivity contribution in [3.05, 3.63) is 0 Å². The minimum atomic E-state index is -0.406. The van der Waals surface area contributed by atoms with E-state index in [0.717, 1.165) is 6.54 Å². The predicted octanol–water partition coefficient (Wildman–Crippen LogP) is -1.21. The molecule has 2 fully saturated rings. The minimum Gasteiger partial charge on any atom is -0.391 e. The average molecular weight is 255 g/mol. The van der Waals surface area contributed by atoms with Crippen LogP contribution >= 0.6 is 0 Å². The van der Waals surface area contributed by atoms with Crippen LogP contribution in [0.25, 0.3) is 0 Å². The number of carbonyl (C=O) groups excluding carboxylic acids is 2. The van der Waals surface area contributed by atoms with Crippen LogP contribution in [0, 0.1) is 0 Å². The summed E-state index contributed by atoms with van der Waals surface area (Å²) in [5.74, 6) is -0.0350. The minimum absolute atomic E-state index is 0.0110. The normalized spacial score (nSPS) is 28.9. The van der Waals surface area contributed by atoms with Crippen molar-refractivity contribution in [2.24, 2.45) is 0 Å². The molecule has 2 amide bonds. The van der Waals surface area contributed by atoms with Crippen molar-refractivity contribution in [3.63, 3.8) is 0 Å². The van der Waals surface area contributed by atoms with Crippen molar-refractivity contribution in [1.82, 2.24) is 15.1 Å². The van der Waals surface area contributed by atoms with Gasteiger partial charge >= 0.3 is 0 Å². The second kappa shape index (κ2) is 5.67. The fraction of sp³-hybridized carbons (Fsp3) is 0.833. The van der Waals surface area contributed by atoms with Crippen LogP contribution in [0.3, 0.4) is 0 Å². The van der Waals surface area contributed by atoms with Crippen LogP contribution in [0.4, 0.5) is 0 Å². The Balaban J connectivity index is 1.88. The zero-order valence-corrected chi connectivity index (χ0v) is 10.8. The maximum absolute atomic E-state index is 12.0. The van der Waals surface area contributed by atoms with E-state index in [1.807, 2.05) is 6.92 Å². The largest absolute Gasteiger partial charge is 0.391 e. The molecule has 0 spiro atoms. The molecule has 2 heterocycles. The summed E-state index contributed by atoms with van der Waals surface area (Å²) in [4.78, 5) is 27.4. The maximum atomic E-state index is 12.0. The highest BCUT2D eigenvalue weighted by molar-refractivity contribution is 5.89. The molecule has 2 aliphatic rings. The summed E-state index contributed by atoms with van der Waals surface area (Å²) in [6.07, 6.45) is 0.428. The van der Waals surface area contributed by atoms with Gasteiger partial charge in [-0.3, -0.25) is 9.59 Å². The molecular weight excluding hydrogens is 234 g/mol. The van der Waals surface area contributed by atoms with Gasteiger partial charge in [-0.1, -0.05) is 0 Å². The lowest BCUT2D eigenvalue weighted by molar-refractivity contribution is -0.140. The van der Waals surface area contributed by atoms with Crippen LogP contribution in [0.1, 0.15) is 19.8 Å². The number of amides is 2. The third kappa shape index (κ3) is 2.81. The number of aliphatic hydroxyl groups excluding tert-OH is 1. The maximum Gasteiger partial charge on any atom is 0.240 e. The van der Waals surface area contributed by atoms with E-state index in [-0.39, 0.29) is 18.2 Å². The van der Waals surface area contributed by atoms with E-state index < -0.39 is 12.1 Å². The highest BCUT2D eigenvalue weighted by Crippen LogP contribution is 2.13. The van der Waals surface area contributed by atoms with Crippen molar-refractivity contribution in [2.45, 2.75) is 31.9 Å². The molecule has 2 saturated heterocycles. The molecule has 2 atom stereocenters. The van der Waals surface area contributed by atoms with Crippen LogP contribution in [0.2, 0.25) is 0 Å². The van der Waals surface area contributed by atoms with E-state index in [9.17, 15) is 14.7 Å². The van der Waals surface area contributed by atoms with Gasteiger partial charge in [0.15, 0.2) is 0 Å². The number of nitrogens with zero attached hydrogens (tertiary/aromatic N) is 2. The summed E-state index contributed by atoms with van der Waals surface area (Å²) in [6, 6.07) is -0.399. The topological polar surface area (TPSA) is 72.9 Å². The SMILES string of the molecule is CCN1CCNC(CC(=O)N2CCC(O)C2)C1=O. The number of carbonyl (C=O) groups is 2. The molecule has 6 nitrogen and oxygen atoms in total. The fourth-order valence-electron chi connectivity index (χ4n) is 2.54. The summed E-state index contributed by atoms with van der Waals surface area (Å²) >= 11 is 0. The first kappa shape index (κ1) is 13.3. The van der Waals surface area contributed by atoms with Crippen LogP contribution < -0.4 is 5.32 Å². The zero-order valence-electron chi connectivity index (χ0n) is 10.8. The average Bonchev–Trinajstić information content (AvgIpc) is 2.78. The lowest BCUT2D eigenvalue weighted by atomic mass is 10.1. The van der Waals surface area contributed by atoms with Gasteiger partial charge in [-0.15, -0.1) is 0 Å². The summed E-state index contributed by atoms with van der Waals surface area (Å²) in [5.41, 5.74) is 0. The zero-order chi connectivity index (χ0) is 13.1. The van der Waals surface area contributed by atoms with Gasteiger partial charge in [0.1, 0.15) is 0 Å². The Hall–Kier alpha value is -1.14. The molecule has 0 aromatic heterocycles. The predicted molar refractivity (Wildman–Crippen MR) is 65.9 cm³/mol. The molecule has 6 heteroatoms. The van der Waals surface area contributed by atoms with Crippen LogP contribution in [0.5, 0.6) is 0 Å². The van der Waals surface area contributed by atoms with Crippen molar-refractivity contribution in [1.29, 1.82) is 0 Å². The first-order chi connectivity index (χ1) is 8.61. The third-order valence-electron chi connectivity index (χ3n) is 3.66. The molecule has 0 aromatic rings.